The van der Waals surface area contributed by atoms with Crippen LogP contribution in [0.15, 0.2) is 54.6 Å². The summed E-state index contributed by atoms with van der Waals surface area (Å²) in [7, 11) is 2.14. The Kier molecular flexibility index (Phi) is 4.08. The Labute approximate surface area is 147 Å². The van der Waals surface area contributed by atoms with E-state index in [-0.39, 0.29) is 5.92 Å². The Morgan fingerprint density at radius 2 is 1.60 bits per heavy atom. The fourth-order valence-electron chi connectivity index (χ4n) is 4.41. The van der Waals surface area contributed by atoms with Crippen molar-refractivity contribution in [2.45, 2.75) is 31.6 Å². The van der Waals surface area contributed by atoms with Gasteiger partial charge in [-0.2, -0.15) is 0 Å². The Bertz CT molecular complexity index is 902. The SMILES string of the molecule is Cn1c(-c2ccccc2)c([C@H]2CC[C@H](C(=O)O)CC2)c2ccccc21. The number of carboxylic acids is 1. The van der Waals surface area contributed by atoms with Crippen molar-refractivity contribution >= 4 is 16.9 Å². The highest BCUT2D eigenvalue weighted by Crippen LogP contribution is 2.44. The van der Waals surface area contributed by atoms with Crippen LogP contribution in [0.25, 0.3) is 22.2 Å². The van der Waals surface area contributed by atoms with Gasteiger partial charge in [0.05, 0.1) is 11.6 Å². The van der Waals surface area contributed by atoms with Gasteiger partial charge in [0.25, 0.3) is 0 Å². The summed E-state index contributed by atoms with van der Waals surface area (Å²) in [6, 6.07) is 19.1. The van der Waals surface area contributed by atoms with Crippen LogP contribution in [0.1, 0.15) is 37.2 Å². The van der Waals surface area contributed by atoms with E-state index in [0.29, 0.717) is 5.92 Å². The summed E-state index contributed by atoms with van der Waals surface area (Å²) in [6.07, 6.45) is 3.45. The van der Waals surface area contributed by atoms with Gasteiger partial charge in [0, 0.05) is 18.0 Å². The summed E-state index contributed by atoms with van der Waals surface area (Å²) < 4.78 is 2.29. The molecule has 1 heterocycles. The van der Waals surface area contributed by atoms with Crippen molar-refractivity contribution in [3.63, 3.8) is 0 Å². The number of benzene rings is 2. The predicted octanol–water partition coefficient (Wildman–Crippen LogP) is 5.20. The van der Waals surface area contributed by atoms with Crippen molar-refractivity contribution in [2.24, 2.45) is 13.0 Å². The standard InChI is InChI=1S/C22H23NO2/c1-23-19-10-6-5-9-18(19)20(21(23)16-7-3-2-4-8-16)15-11-13-17(14-12-15)22(24)25/h2-10,15,17H,11-14H2,1H3,(H,24,25)/t15-,17-. The topological polar surface area (TPSA) is 42.2 Å². The average Bonchev–Trinajstić information content (AvgIpc) is 2.95. The Balaban J connectivity index is 1.84. The number of rotatable bonds is 3. The molecule has 1 N–H and O–H groups in total. The summed E-state index contributed by atoms with van der Waals surface area (Å²) >= 11 is 0. The number of hydrogen-bond acceptors (Lipinski definition) is 1. The fourth-order valence-corrected chi connectivity index (χ4v) is 4.41. The normalized spacial score (nSPS) is 20.7. The molecule has 128 valence electrons. The highest BCUT2D eigenvalue weighted by Gasteiger charge is 2.30. The molecule has 25 heavy (non-hydrogen) atoms. The lowest BCUT2D eigenvalue weighted by atomic mass is 9.77. The third kappa shape index (κ3) is 2.74. The molecule has 1 fully saturated rings. The number of hydrogen-bond donors (Lipinski definition) is 1. The van der Waals surface area contributed by atoms with Crippen LogP contribution in [0.3, 0.4) is 0 Å². The van der Waals surface area contributed by atoms with E-state index in [9.17, 15) is 9.90 Å². The van der Waals surface area contributed by atoms with Crippen molar-refractivity contribution in [3.8, 4) is 11.3 Å². The van der Waals surface area contributed by atoms with Gasteiger partial charge in [-0.1, -0.05) is 48.5 Å². The van der Waals surface area contributed by atoms with Gasteiger partial charge >= 0.3 is 5.97 Å². The second kappa shape index (κ2) is 6.40. The van der Waals surface area contributed by atoms with Crippen molar-refractivity contribution < 1.29 is 9.90 Å². The third-order valence-electron chi connectivity index (χ3n) is 5.68. The van der Waals surface area contributed by atoms with E-state index in [0.717, 1.165) is 25.7 Å². The molecule has 3 nitrogen and oxygen atoms in total. The van der Waals surface area contributed by atoms with Gasteiger partial charge in [0.15, 0.2) is 0 Å². The zero-order valence-corrected chi connectivity index (χ0v) is 14.5. The van der Waals surface area contributed by atoms with Gasteiger partial charge in [0.1, 0.15) is 0 Å². The van der Waals surface area contributed by atoms with Crippen molar-refractivity contribution in [1.29, 1.82) is 0 Å². The Hall–Kier alpha value is -2.55. The number of aromatic nitrogens is 1. The molecular weight excluding hydrogens is 310 g/mol. The number of para-hydroxylation sites is 1. The number of carboxylic acid groups (broad SMARTS) is 1. The summed E-state index contributed by atoms with van der Waals surface area (Å²) in [5.41, 5.74) is 5.15. The van der Waals surface area contributed by atoms with Crippen LogP contribution >= 0.6 is 0 Å². The van der Waals surface area contributed by atoms with Crippen molar-refractivity contribution in [1.82, 2.24) is 4.57 Å². The van der Waals surface area contributed by atoms with Gasteiger partial charge in [-0.25, -0.2) is 0 Å². The molecule has 0 unspecified atom stereocenters. The zero-order valence-electron chi connectivity index (χ0n) is 14.5. The third-order valence-corrected chi connectivity index (χ3v) is 5.68. The van der Waals surface area contributed by atoms with E-state index >= 15 is 0 Å². The van der Waals surface area contributed by atoms with Crippen LogP contribution in [0, 0.1) is 5.92 Å². The number of aliphatic carboxylic acids is 1. The van der Waals surface area contributed by atoms with Crippen LogP contribution in [0.2, 0.25) is 0 Å². The molecule has 1 aromatic heterocycles. The van der Waals surface area contributed by atoms with Gasteiger partial charge in [-0.05, 0) is 48.8 Å². The lowest BCUT2D eigenvalue weighted by Gasteiger charge is -2.27. The Morgan fingerprint density at radius 1 is 0.960 bits per heavy atom. The fraction of sp³-hybridized carbons (Fsp3) is 0.318. The van der Waals surface area contributed by atoms with Gasteiger partial charge in [-0.15, -0.1) is 0 Å². The molecule has 1 aliphatic rings. The lowest BCUT2D eigenvalue weighted by Crippen LogP contribution is -2.20. The average molecular weight is 333 g/mol. The van der Waals surface area contributed by atoms with E-state index in [2.05, 4.69) is 60.1 Å². The summed E-state index contributed by atoms with van der Waals surface area (Å²) in [5, 5.41) is 10.6. The van der Waals surface area contributed by atoms with Gasteiger partial charge in [0.2, 0.25) is 0 Å². The van der Waals surface area contributed by atoms with E-state index in [4.69, 9.17) is 0 Å². The molecule has 0 spiro atoms. The molecule has 0 saturated heterocycles. The van der Waals surface area contributed by atoms with Crippen molar-refractivity contribution in [2.75, 3.05) is 0 Å². The van der Waals surface area contributed by atoms with Gasteiger partial charge < -0.3 is 9.67 Å². The zero-order chi connectivity index (χ0) is 17.4. The monoisotopic (exact) mass is 333 g/mol. The first-order chi connectivity index (χ1) is 12.2. The minimum Gasteiger partial charge on any atom is -0.481 e. The molecule has 0 radical (unpaired) electrons. The maximum Gasteiger partial charge on any atom is 0.306 e. The molecule has 0 aliphatic heterocycles. The van der Waals surface area contributed by atoms with E-state index < -0.39 is 5.97 Å². The molecule has 0 atom stereocenters. The number of carbonyl (C=O) groups is 1. The second-order valence-corrected chi connectivity index (χ2v) is 7.09. The smallest absolute Gasteiger partial charge is 0.306 e. The maximum atomic E-state index is 11.3. The molecule has 4 rings (SSSR count). The largest absolute Gasteiger partial charge is 0.481 e. The highest BCUT2D eigenvalue weighted by atomic mass is 16.4. The summed E-state index contributed by atoms with van der Waals surface area (Å²) in [4.78, 5) is 11.3. The lowest BCUT2D eigenvalue weighted by molar-refractivity contribution is -0.142. The highest BCUT2D eigenvalue weighted by molar-refractivity contribution is 5.92. The van der Waals surface area contributed by atoms with Crippen LogP contribution < -0.4 is 0 Å². The molecule has 3 aromatic rings. The number of aryl methyl sites for hydroxylation is 1. The summed E-state index contributed by atoms with van der Waals surface area (Å²) in [6.45, 7) is 0. The van der Waals surface area contributed by atoms with E-state index in [1.54, 1.807) is 0 Å². The molecule has 3 heteroatoms. The first kappa shape index (κ1) is 15.9. The maximum absolute atomic E-state index is 11.3. The molecule has 0 amide bonds. The van der Waals surface area contributed by atoms with Crippen LogP contribution in [-0.2, 0) is 11.8 Å². The first-order valence-corrected chi connectivity index (χ1v) is 9.02. The van der Waals surface area contributed by atoms with Crippen molar-refractivity contribution in [3.05, 3.63) is 60.2 Å². The minimum atomic E-state index is -0.639. The minimum absolute atomic E-state index is 0.175. The molecule has 1 saturated carbocycles. The number of fused-ring (bicyclic) bond motifs is 1. The van der Waals surface area contributed by atoms with Crippen LogP contribution in [0.4, 0.5) is 0 Å². The molecular formula is C22H23NO2. The number of nitrogens with zero attached hydrogens (tertiary/aromatic N) is 1. The summed E-state index contributed by atoms with van der Waals surface area (Å²) in [5.74, 6) is -0.386. The quantitative estimate of drug-likeness (QED) is 0.715. The van der Waals surface area contributed by atoms with E-state index in [1.807, 2.05) is 6.07 Å². The van der Waals surface area contributed by atoms with Crippen LogP contribution in [-0.4, -0.2) is 15.6 Å². The van der Waals surface area contributed by atoms with E-state index in [1.165, 1.54) is 27.7 Å². The van der Waals surface area contributed by atoms with Crippen LogP contribution in [0.5, 0.6) is 0 Å². The first-order valence-electron chi connectivity index (χ1n) is 9.02. The Morgan fingerprint density at radius 3 is 2.28 bits per heavy atom. The molecule has 1 aliphatic carbocycles. The second-order valence-electron chi connectivity index (χ2n) is 7.09. The van der Waals surface area contributed by atoms with Gasteiger partial charge in [-0.3, -0.25) is 4.79 Å². The molecule has 2 aromatic carbocycles. The predicted molar refractivity (Wildman–Crippen MR) is 101 cm³/mol. The molecule has 0 bridgehead atoms.